The predicted molar refractivity (Wildman–Crippen MR) is 74.2 cm³/mol. The molecule has 1 aromatic carbocycles. The first-order valence-electron chi connectivity index (χ1n) is 7.10. The number of nitrogens with one attached hydrogen (secondary N) is 1. The van der Waals surface area contributed by atoms with Gasteiger partial charge in [-0.25, -0.2) is 0 Å². The zero-order valence-electron chi connectivity index (χ0n) is 11.8. The summed E-state index contributed by atoms with van der Waals surface area (Å²) in [7, 11) is 0. The second-order valence-electron chi connectivity index (χ2n) is 6.02. The number of fused-ring (bicyclic) bond motifs is 1. The van der Waals surface area contributed by atoms with E-state index in [0.29, 0.717) is 12.5 Å². The molecule has 1 heterocycles. The summed E-state index contributed by atoms with van der Waals surface area (Å²) in [4.78, 5) is 12.1. The van der Waals surface area contributed by atoms with Crippen LogP contribution in [0.15, 0.2) is 12.1 Å². The molecule has 0 unspecified atom stereocenters. The van der Waals surface area contributed by atoms with Gasteiger partial charge in [-0.1, -0.05) is 24.6 Å². The van der Waals surface area contributed by atoms with Gasteiger partial charge in [0.1, 0.15) is 5.75 Å². The Balaban J connectivity index is 1.83. The van der Waals surface area contributed by atoms with E-state index >= 15 is 0 Å². The molecule has 0 bridgehead atoms. The summed E-state index contributed by atoms with van der Waals surface area (Å²) >= 11 is 0. The number of aryl methyl sites for hydroxylation is 2. The number of ether oxygens (including phenoxy) is 1. The minimum absolute atomic E-state index is 0.114. The average molecular weight is 259 g/mol. The van der Waals surface area contributed by atoms with E-state index in [2.05, 4.69) is 38.2 Å². The molecule has 0 saturated heterocycles. The normalized spacial score (nSPS) is 28.3. The summed E-state index contributed by atoms with van der Waals surface area (Å²) < 4.78 is 5.77. The molecule has 1 N–H and O–H groups in total. The quantitative estimate of drug-likeness (QED) is 0.887. The Hall–Kier alpha value is -1.51. The van der Waals surface area contributed by atoms with Crippen LogP contribution in [0.5, 0.6) is 5.75 Å². The van der Waals surface area contributed by atoms with Gasteiger partial charge < -0.3 is 10.1 Å². The number of amides is 1. The lowest BCUT2D eigenvalue weighted by molar-refractivity contribution is -0.123. The number of carbonyl (C=O) groups is 1. The van der Waals surface area contributed by atoms with Crippen molar-refractivity contribution < 1.29 is 9.53 Å². The van der Waals surface area contributed by atoms with E-state index in [1.807, 2.05) is 0 Å². The summed E-state index contributed by atoms with van der Waals surface area (Å²) in [5.41, 5.74) is 3.53. The van der Waals surface area contributed by atoms with Gasteiger partial charge in [0, 0.05) is 17.9 Å². The summed E-state index contributed by atoms with van der Waals surface area (Å²) in [5.74, 6) is 1.96. The van der Waals surface area contributed by atoms with Crippen LogP contribution in [0.3, 0.4) is 0 Å². The Bertz CT molecular complexity index is 524. The molecule has 1 amide bonds. The molecule has 0 spiro atoms. The van der Waals surface area contributed by atoms with Crippen LogP contribution in [0.25, 0.3) is 0 Å². The maximum Gasteiger partial charge on any atom is 0.223 e. The van der Waals surface area contributed by atoms with Crippen molar-refractivity contribution in [1.29, 1.82) is 0 Å². The Morgan fingerprint density at radius 3 is 2.79 bits per heavy atom. The van der Waals surface area contributed by atoms with Gasteiger partial charge in [-0.2, -0.15) is 0 Å². The van der Waals surface area contributed by atoms with Crippen LogP contribution in [0, 0.1) is 25.7 Å². The molecule has 1 aliphatic carbocycles. The highest BCUT2D eigenvalue weighted by molar-refractivity contribution is 5.82. The first-order chi connectivity index (χ1) is 9.06. The highest BCUT2D eigenvalue weighted by Gasteiger charge is 2.40. The molecule has 1 fully saturated rings. The molecule has 1 aliphatic heterocycles. The van der Waals surface area contributed by atoms with Crippen molar-refractivity contribution in [3.63, 3.8) is 0 Å². The summed E-state index contributed by atoms with van der Waals surface area (Å²) in [6.45, 7) is 6.97. The molecule has 3 nitrogen and oxygen atoms in total. The lowest BCUT2D eigenvalue weighted by Gasteiger charge is -2.28. The highest BCUT2D eigenvalue weighted by atomic mass is 16.5. The smallest absolute Gasteiger partial charge is 0.223 e. The Morgan fingerprint density at radius 1 is 1.37 bits per heavy atom. The van der Waals surface area contributed by atoms with E-state index in [-0.39, 0.29) is 17.9 Å². The fraction of sp³-hybridized carbons (Fsp3) is 0.562. The molecule has 1 saturated carbocycles. The average Bonchev–Trinajstić information content (AvgIpc) is 3.07. The van der Waals surface area contributed by atoms with Gasteiger partial charge in [-0.3, -0.25) is 4.79 Å². The predicted octanol–water partition coefficient (Wildman–Crippen LogP) is 2.90. The van der Waals surface area contributed by atoms with Gasteiger partial charge in [-0.15, -0.1) is 0 Å². The van der Waals surface area contributed by atoms with Crippen molar-refractivity contribution in [2.24, 2.45) is 11.8 Å². The number of hydrogen-bond donors (Lipinski definition) is 1. The Labute approximate surface area is 114 Å². The zero-order chi connectivity index (χ0) is 13.6. The van der Waals surface area contributed by atoms with E-state index in [9.17, 15) is 4.79 Å². The number of rotatable bonds is 2. The first kappa shape index (κ1) is 12.5. The Morgan fingerprint density at radius 2 is 2.11 bits per heavy atom. The van der Waals surface area contributed by atoms with Crippen molar-refractivity contribution in [3.05, 3.63) is 28.8 Å². The summed E-state index contributed by atoms with van der Waals surface area (Å²) in [5, 5.41) is 3.20. The van der Waals surface area contributed by atoms with Crippen LogP contribution in [0.1, 0.15) is 42.5 Å². The minimum atomic E-state index is 0.114. The van der Waals surface area contributed by atoms with Crippen LogP contribution in [0.2, 0.25) is 0 Å². The molecule has 1 aromatic rings. The third kappa shape index (κ3) is 2.34. The van der Waals surface area contributed by atoms with Crippen LogP contribution >= 0.6 is 0 Å². The van der Waals surface area contributed by atoms with Gasteiger partial charge in [0.05, 0.1) is 12.6 Å². The van der Waals surface area contributed by atoms with E-state index in [1.165, 1.54) is 5.56 Å². The summed E-state index contributed by atoms with van der Waals surface area (Å²) in [6, 6.07) is 4.39. The van der Waals surface area contributed by atoms with Crippen LogP contribution in [-0.2, 0) is 4.79 Å². The molecule has 19 heavy (non-hydrogen) atoms. The van der Waals surface area contributed by atoms with E-state index in [0.717, 1.165) is 29.7 Å². The molecule has 2 aliphatic rings. The first-order valence-corrected chi connectivity index (χ1v) is 7.10. The second kappa shape index (κ2) is 4.55. The van der Waals surface area contributed by atoms with E-state index in [1.54, 1.807) is 0 Å². The maximum atomic E-state index is 12.1. The summed E-state index contributed by atoms with van der Waals surface area (Å²) in [6.07, 6.45) is 1.90. The molecule has 3 rings (SSSR count). The van der Waals surface area contributed by atoms with Gasteiger partial charge >= 0.3 is 0 Å². The third-order valence-electron chi connectivity index (χ3n) is 4.24. The van der Waals surface area contributed by atoms with E-state index in [4.69, 9.17) is 4.74 Å². The molecule has 0 radical (unpaired) electrons. The molecule has 102 valence electrons. The SMILES string of the molecule is Cc1cc(C)c2c(c1)[C@H](NC(=O)[C@@H]1C[C@@H]1C)CCO2. The lowest BCUT2D eigenvalue weighted by Crippen LogP contribution is -2.33. The Kier molecular flexibility index (Phi) is 3.00. The van der Waals surface area contributed by atoms with Gasteiger partial charge in [0.2, 0.25) is 5.91 Å². The standard InChI is InChI=1S/C16H21NO2/c1-9-6-11(3)15-13(7-9)14(4-5-19-15)17-16(18)12-8-10(12)2/h6-7,10,12,14H,4-5,8H2,1-3H3,(H,17,18)/t10-,12+,14+/m0/s1. The maximum absolute atomic E-state index is 12.1. The van der Waals surface area contributed by atoms with Crippen molar-refractivity contribution in [2.75, 3.05) is 6.61 Å². The second-order valence-corrected chi connectivity index (χ2v) is 6.02. The van der Waals surface area contributed by atoms with Crippen molar-refractivity contribution >= 4 is 5.91 Å². The van der Waals surface area contributed by atoms with Gasteiger partial charge in [-0.05, 0) is 31.7 Å². The topological polar surface area (TPSA) is 38.3 Å². The largest absolute Gasteiger partial charge is 0.493 e. The van der Waals surface area contributed by atoms with Crippen molar-refractivity contribution in [2.45, 2.75) is 39.7 Å². The van der Waals surface area contributed by atoms with E-state index < -0.39 is 0 Å². The van der Waals surface area contributed by atoms with Crippen molar-refractivity contribution in [3.8, 4) is 5.75 Å². The molecule has 3 heteroatoms. The monoisotopic (exact) mass is 259 g/mol. The zero-order valence-corrected chi connectivity index (χ0v) is 11.8. The molecular weight excluding hydrogens is 238 g/mol. The number of carbonyl (C=O) groups excluding carboxylic acids is 1. The molecule has 0 aromatic heterocycles. The van der Waals surface area contributed by atoms with Gasteiger partial charge in [0.25, 0.3) is 0 Å². The molecular formula is C16H21NO2. The minimum Gasteiger partial charge on any atom is -0.493 e. The van der Waals surface area contributed by atoms with Crippen molar-refractivity contribution in [1.82, 2.24) is 5.32 Å². The lowest BCUT2D eigenvalue weighted by atomic mass is 9.95. The fourth-order valence-electron chi connectivity index (χ4n) is 2.99. The van der Waals surface area contributed by atoms with Crippen LogP contribution in [0.4, 0.5) is 0 Å². The van der Waals surface area contributed by atoms with Crippen LogP contribution < -0.4 is 10.1 Å². The number of benzene rings is 1. The number of hydrogen-bond acceptors (Lipinski definition) is 2. The fourth-order valence-corrected chi connectivity index (χ4v) is 2.99. The van der Waals surface area contributed by atoms with Crippen LogP contribution in [-0.4, -0.2) is 12.5 Å². The van der Waals surface area contributed by atoms with Gasteiger partial charge in [0.15, 0.2) is 0 Å². The third-order valence-corrected chi connectivity index (χ3v) is 4.24. The molecule has 3 atom stereocenters. The highest BCUT2D eigenvalue weighted by Crippen LogP contribution is 2.40.